The lowest BCUT2D eigenvalue weighted by Gasteiger charge is -2.11. The van der Waals surface area contributed by atoms with Crippen LogP contribution in [0.2, 0.25) is 0 Å². The van der Waals surface area contributed by atoms with Gasteiger partial charge in [0.05, 0.1) is 18.4 Å². The Labute approximate surface area is 161 Å². The van der Waals surface area contributed by atoms with Crippen LogP contribution in [0.3, 0.4) is 0 Å². The van der Waals surface area contributed by atoms with Gasteiger partial charge in [0.1, 0.15) is 5.75 Å². The van der Waals surface area contributed by atoms with Gasteiger partial charge in [-0.25, -0.2) is 13.1 Å². The van der Waals surface area contributed by atoms with Crippen LogP contribution in [-0.2, 0) is 21.2 Å². The van der Waals surface area contributed by atoms with Gasteiger partial charge in [-0.1, -0.05) is 30.3 Å². The second kappa shape index (κ2) is 10.1. The van der Waals surface area contributed by atoms with E-state index in [1.54, 1.807) is 24.3 Å². The van der Waals surface area contributed by atoms with E-state index in [4.69, 9.17) is 4.74 Å². The Bertz CT molecular complexity index is 819. The molecule has 0 aliphatic heterocycles. The smallest absolute Gasteiger partial charge is 0.239 e. The Morgan fingerprint density at radius 1 is 1.04 bits per heavy atom. The van der Waals surface area contributed by atoms with Crippen molar-refractivity contribution in [3.63, 3.8) is 0 Å². The molecule has 1 amide bonds. The molecule has 0 aliphatic rings. The number of amides is 1. The Balaban J connectivity index is 1.73. The zero-order valence-corrected chi connectivity index (χ0v) is 16.5. The summed E-state index contributed by atoms with van der Waals surface area (Å²) in [7, 11) is -3.49. The Morgan fingerprint density at radius 3 is 2.33 bits per heavy atom. The first kappa shape index (κ1) is 20.9. The number of nitrogens with one attached hydrogen (secondary N) is 2. The molecule has 0 radical (unpaired) electrons. The summed E-state index contributed by atoms with van der Waals surface area (Å²) in [6.07, 6.45) is 1.25. The van der Waals surface area contributed by atoms with Crippen molar-refractivity contribution in [2.24, 2.45) is 0 Å². The van der Waals surface area contributed by atoms with E-state index in [0.717, 1.165) is 5.56 Å². The van der Waals surface area contributed by atoms with Gasteiger partial charge in [-0.05, 0) is 56.5 Å². The maximum atomic E-state index is 12.0. The van der Waals surface area contributed by atoms with Gasteiger partial charge >= 0.3 is 0 Å². The summed E-state index contributed by atoms with van der Waals surface area (Å²) in [6.45, 7) is 3.57. The van der Waals surface area contributed by atoms with Gasteiger partial charge in [-0.3, -0.25) is 4.79 Å². The average Bonchev–Trinajstić information content (AvgIpc) is 2.62. The fourth-order valence-electron chi connectivity index (χ4n) is 2.45. The predicted octanol–water partition coefficient (Wildman–Crippen LogP) is 2.96. The van der Waals surface area contributed by atoms with Crippen molar-refractivity contribution in [1.29, 1.82) is 0 Å². The number of carbonyl (C=O) groups excluding carboxylic acids is 1. The first-order chi connectivity index (χ1) is 12.8. The fraction of sp³-hybridized carbons (Fsp3) is 0.350. The van der Waals surface area contributed by atoms with E-state index in [2.05, 4.69) is 10.0 Å². The number of hydrogen-bond acceptors (Lipinski definition) is 4. The highest BCUT2D eigenvalue weighted by Crippen LogP contribution is 2.16. The lowest BCUT2D eigenvalue weighted by atomic mass is 10.1. The van der Waals surface area contributed by atoms with E-state index in [1.807, 2.05) is 44.2 Å². The van der Waals surface area contributed by atoms with Crippen molar-refractivity contribution in [1.82, 2.24) is 4.72 Å². The van der Waals surface area contributed by atoms with Gasteiger partial charge in [-0.2, -0.15) is 0 Å². The Kier molecular flexibility index (Phi) is 7.82. The summed E-state index contributed by atoms with van der Waals surface area (Å²) < 4.78 is 31.9. The van der Waals surface area contributed by atoms with Gasteiger partial charge in [-0.15, -0.1) is 0 Å². The highest BCUT2D eigenvalue weighted by molar-refractivity contribution is 7.89. The number of rotatable bonds is 10. The molecular formula is C20H26N2O4S. The lowest BCUT2D eigenvalue weighted by Crippen LogP contribution is -2.34. The zero-order valence-electron chi connectivity index (χ0n) is 15.6. The van der Waals surface area contributed by atoms with Crippen molar-refractivity contribution in [2.45, 2.75) is 32.8 Å². The first-order valence-corrected chi connectivity index (χ1v) is 10.6. The average molecular weight is 391 g/mol. The molecule has 27 heavy (non-hydrogen) atoms. The van der Waals surface area contributed by atoms with Crippen LogP contribution in [0.5, 0.6) is 5.75 Å². The summed E-state index contributed by atoms with van der Waals surface area (Å²) in [6, 6.07) is 16.6. The number of ether oxygens (including phenoxy) is 1. The molecule has 0 saturated carbocycles. The van der Waals surface area contributed by atoms with Gasteiger partial charge in [0.25, 0.3) is 0 Å². The molecule has 146 valence electrons. The predicted molar refractivity (Wildman–Crippen MR) is 107 cm³/mol. The molecule has 0 fully saturated rings. The lowest BCUT2D eigenvalue weighted by molar-refractivity contribution is -0.115. The summed E-state index contributed by atoms with van der Waals surface area (Å²) in [5.74, 6) is 0.275. The minimum atomic E-state index is -3.49. The molecule has 6 nitrogen and oxygen atoms in total. The molecule has 2 aromatic rings. The highest BCUT2D eigenvalue weighted by atomic mass is 32.2. The minimum Gasteiger partial charge on any atom is -0.491 e. The third kappa shape index (κ3) is 8.23. The van der Waals surface area contributed by atoms with Gasteiger partial charge in [0, 0.05) is 5.69 Å². The third-order valence-corrected chi connectivity index (χ3v) is 5.09. The number of benzene rings is 2. The van der Waals surface area contributed by atoms with E-state index in [0.29, 0.717) is 24.3 Å². The summed E-state index contributed by atoms with van der Waals surface area (Å²) >= 11 is 0. The van der Waals surface area contributed by atoms with Crippen LogP contribution in [-0.4, -0.2) is 32.7 Å². The van der Waals surface area contributed by atoms with E-state index in [1.165, 1.54) is 0 Å². The number of carbonyl (C=O) groups is 1. The van der Waals surface area contributed by atoms with Crippen LogP contribution in [0.4, 0.5) is 5.69 Å². The van der Waals surface area contributed by atoms with Crippen LogP contribution in [0.1, 0.15) is 25.8 Å². The van der Waals surface area contributed by atoms with Crippen molar-refractivity contribution < 1.29 is 17.9 Å². The number of sulfonamides is 1. The topological polar surface area (TPSA) is 84.5 Å². The van der Waals surface area contributed by atoms with E-state index >= 15 is 0 Å². The van der Waals surface area contributed by atoms with E-state index in [9.17, 15) is 13.2 Å². The fourth-order valence-corrected chi connectivity index (χ4v) is 3.47. The van der Waals surface area contributed by atoms with Crippen molar-refractivity contribution in [2.75, 3.05) is 17.6 Å². The highest BCUT2D eigenvalue weighted by Gasteiger charge is 2.12. The van der Waals surface area contributed by atoms with E-state index < -0.39 is 15.9 Å². The number of aryl methyl sites for hydroxylation is 1. The molecule has 0 aromatic heterocycles. The van der Waals surface area contributed by atoms with Gasteiger partial charge < -0.3 is 10.1 Å². The maximum absolute atomic E-state index is 12.0. The molecule has 0 bridgehead atoms. The zero-order chi connectivity index (χ0) is 19.7. The summed E-state index contributed by atoms with van der Waals surface area (Å²) in [5.41, 5.74) is 1.68. The molecule has 7 heteroatoms. The standard InChI is InChI=1S/C20H26N2O4S/c1-16(2)26-19-12-10-18(11-13-19)22-20(23)15-21-27(24,25)14-6-9-17-7-4-3-5-8-17/h3-5,7-8,10-13,16,21H,6,9,14-15H2,1-2H3,(H,22,23). The number of anilines is 1. The van der Waals surface area contributed by atoms with Crippen LogP contribution >= 0.6 is 0 Å². The molecule has 0 atom stereocenters. The molecule has 2 aromatic carbocycles. The normalized spacial score (nSPS) is 11.4. The molecule has 0 unspecified atom stereocenters. The molecule has 0 saturated heterocycles. The molecule has 2 N–H and O–H groups in total. The number of hydrogen-bond donors (Lipinski definition) is 2. The summed E-state index contributed by atoms with van der Waals surface area (Å²) in [4.78, 5) is 11.9. The third-order valence-electron chi connectivity index (χ3n) is 3.68. The second-order valence-corrected chi connectivity index (χ2v) is 8.39. The molecule has 0 heterocycles. The van der Waals surface area contributed by atoms with Crippen LogP contribution in [0, 0.1) is 0 Å². The largest absolute Gasteiger partial charge is 0.491 e. The Hall–Kier alpha value is -2.38. The maximum Gasteiger partial charge on any atom is 0.239 e. The van der Waals surface area contributed by atoms with Crippen LogP contribution < -0.4 is 14.8 Å². The molecule has 0 aliphatic carbocycles. The van der Waals surface area contributed by atoms with E-state index in [-0.39, 0.29) is 18.4 Å². The molecule has 0 spiro atoms. The van der Waals surface area contributed by atoms with Gasteiger partial charge in [0.2, 0.25) is 15.9 Å². The van der Waals surface area contributed by atoms with Crippen molar-refractivity contribution in [3.8, 4) is 5.75 Å². The first-order valence-electron chi connectivity index (χ1n) is 8.92. The quantitative estimate of drug-likeness (QED) is 0.653. The van der Waals surface area contributed by atoms with Crippen LogP contribution in [0.25, 0.3) is 0 Å². The SMILES string of the molecule is CC(C)Oc1ccc(NC(=O)CNS(=O)(=O)CCCc2ccccc2)cc1. The van der Waals surface area contributed by atoms with Crippen LogP contribution in [0.15, 0.2) is 54.6 Å². The van der Waals surface area contributed by atoms with Gasteiger partial charge in [0.15, 0.2) is 0 Å². The van der Waals surface area contributed by atoms with Crippen molar-refractivity contribution in [3.05, 3.63) is 60.2 Å². The second-order valence-electron chi connectivity index (χ2n) is 6.47. The Morgan fingerprint density at radius 2 is 1.70 bits per heavy atom. The summed E-state index contributed by atoms with van der Waals surface area (Å²) in [5, 5.41) is 2.66. The molecule has 2 rings (SSSR count). The monoisotopic (exact) mass is 390 g/mol. The van der Waals surface area contributed by atoms with Crippen molar-refractivity contribution >= 4 is 21.6 Å². The minimum absolute atomic E-state index is 0.0174. The molecular weight excluding hydrogens is 364 g/mol.